The zero-order chi connectivity index (χ0) is 32.3. The molecule has 6 rings (SSSR count). The molecule has 6 aromatic rings. The molecule has 2 aromatic heterocycles. The van der Waals surface area contributed by atoms with E-state index in [4.69, 9.17) is 33.7 Å². The number of ether oxygens (including phenoxy) is 1. The minimum absolute atomic E-state index is 0.217. The maximum atomic E-state index is 11.9. The van der Waals surface area contributed by atoms with E-state index in [1.807, 2.05) is 30.3 Å². The number of nitrogens with one attached hydrogen (secondary N) is 3. The Kier molecular flexibility index (Phi) is 8.89. The van der Waals surface area contributed by atoms with E-state index in [-0.39, 0.29) is 11.1 Å². The van der Waals surface area contributed by atoms with E-state index in [0.29, 0.717) is 54.5 Å². The van der Waals surface area contributed by atoms with Crippen LogP contribution < -0.4 is 22.2 Å². The Bertz CT molecular complexity index is 2170. The highest BCUT2D eigenvalue weighted by Crippen LogP contribution is 2.33. The Morgan fingerprint density at radius 3 is 1.67 bits per heavy atom. The van der Waals surface area contributed by atoms with Gasteiger partial charge < -0.3 is 10.5 Å². The van der Waals surface area contributed by atoms with Crippen LogP contribution in [0.5, 0.6) is 0 Å². The van der Waals surface area contributed by atoms with Crippen molar-refractivity contribution in [1.82, 2.24) is 20.4 Å². The van der Waals surface area contributed by atoms with Gasteiger partial charge in [0.2, 0.25) is 0 Å². The van der Waals surface area contributed by atoms with Crippen LogP contribution in [0.4, 0.5) is 16.2 Å². The van der Waals surface area contributed by atoms with E-state index in [2.05, 4.69) is 25.7 Å². The molecule has 1 amide bonds. The van der Waals surface area contributed by atoms with Crippen molar-refractivity contribution in [3.05, 3.63) is 116 Å². The van der Waals surface area contributed by atoms with E-state index in [9.17, 15) is 14.4 Å². The molecule has 0 aliphatic rings. The normalized spacial score (nSPS) is 11.1. The van der Waals surface area contributed by atoms with Gasteiger partial charge in [-0.2, -0.15) is 10.2 Å². The summed E-state index contributed by atoms with van der Waals surface area (Å²) < 4.78 is 5.22. The Labute approximate surface area is 267 Å². The number of carbonyl (C=O) groups excluding carboxylic acids is 1. The van der Waals surface area contributed by atoms with E-state index in [0.717, 1.165) is 10.9 Å². The van der Waals surface area contributed by atoms with Crippen LogP contribution in [0.1, 0.15) is 20.8 Å². The van der Waals surface area contributed by atoms with E-state index in [1.165, 1.54) is 0 Å². The van der Waals surface area contributed by atoms with Crippen molar-refractivity contribution >= 4 is 62.2 Å². The standard InChI is InChI=1S/C19H18ClN3O3.C14H10ClN3O/c1-19(2,3)26-18(25)21-11-8-9-14(15(20)10-11)16-12-6-4-5-7-13(12)17(24)23-22-16;15-12-7-8(16)5-6-11(12)13-9-3-1-2-4-10(9)14(19)18-17-13/h4-10H,1-3H3,(H,21,25)(H,23,24);1-7H,16H2,(H,18,19). The molecule has 12 heteroatoms. The van der Waals surface area contributed by atoms with Crippen molar-refractivity contribution in [2.75, 3.05) is 11.1 Å². The number of aromatic nitrogens is 4. The van der Waals surface area contributed by atoms with Gasteiger partial charge >= 0.3 is 6.09 Å². The number of nitrogen functional groups attached to an aromatic ring is 1. The number of benzene rings is 4. The highest BCUT2D eigenvalue weighted by molar-refractivity contribution is 6.34. The summed E-state index contributed by atoms with van der Waals surface area (Å²) in [5.74, 6) is 0. The summed E-state index contributed by atoms with van der Waals surface area (Å²) >= 11 is 12.6. The largest absolute Gasteiger partial charge is 0.444 e. The maximum absolute atomic E-state index is 11.9. The van der Waals surface area contributed by atoms with Gasteiger partial charge in [0.05, 0.1) is 20.8 Å². The highest BCUT2D eigenvalue weighted by atomic mass is 35.5. The van der Waals surface area contributed by atoms with Crippen LogP contribution >= 0.6 is 23.2 Å². The van der Waals surface area contributed by atoms with E-state index < -0.39 is 11.7 Å². The molecule has 0 unspecified atom stereocenters. The Morgan fingerprint density at radius 1 is 0.733 bits per heavy atom. The molecule has 0 aliphatic carbocycles. The minimum Gasteiger partial charge on any atom is -0.444 e. The lowest BCUT2D eigenvalue weighted by atomic mass is 10.0. The second kappa shape index (κ2) is 12.8. The van der Waals surface area contributed by atoms with Gasteiger partial charge in [-0.1, -0.05) is 59.6 Å². The lowest BCUT2D eigenvalue weighted by Gasteiger charge is -2.19. The molecular weight excluding hydrogens is 615 g/mol. The second-order valence-electron chi connectivity index (χ2n) is 11.0. The number of H-pyrrole nitrogens is 2. The van der Waals surface area contributed by atoms with Gasteiger partial charge in [0.15, 0.2) is 0 Å². The van der Waals surface area contributed by atoms with E-state index in [1.54, 1.807) is 75.4 Å². The van der Waals surface area contributed by atoms with Crippen LogP contribution in [0, 0.1) is 0 Å². The quantitative estimate of drug-likeness (QED) is 0.146. The number of aromatic amines is 2. The van der Waals surface area contributed by atoms with Crippen molar-refractivity contribution in [2.45, 2.75) is 26.4 Å². The topological polar surface area (TPSA) is 156 Å². The van der Waals surface area contributed by atoms with Crippen LogP contribution in [-0.4, -0.2) is 32.1 Å². The zero-order valence-electron chi connectivity index (χ0n) is 24.4. The molecule has 0 saturated carbocycles. The number of hydrogen-bond donors (Lipinski definition) is 4. The van der Waals surface area contributed by atoms with E-state index >= 15 is 0 Å². The third-order valence-electron chi connectivity index (χ3n) is 6.51. The fourth-order valence-corrected chi connectivity index (χ4v) is 5.12. The van der Waals surface area contributed by atoms with Crippen molar-refractivity contribution in [3.63, 3.8) is 0 Å². The molecule has 0 atom stereocenters. The third-order valence-corrected chi connectivity index (χ3v) is 7.14. The lowest BCUT2D eigenvalue weighted by molar-refractivity contribution is 0.0636. The number of fused-ring (bicyclic) bond motifs is 2. The molecule has 10 nitrogen and oxygen atoms in total. The average molecular weight is 644 g/mol. The number of nitrogens with two attached hydrogens (primary N) is 1. The molecule has 0 saturated heterocycles. The molecule has 2 heterocycles. The summed E-state index contributed by atoms with van der Waals surface area (Å²) in [7, 11) is 0. The molecule has 228 valence electrons. The first-order chi connectivity index (χ1) is 21.4. The number of nitrogens with zero attached hydrogens (tertiary/aromatic N) is 2. The smallest absolute Gasteiger partial charge is 0.412 e. The first-order valence-electron chi connectivity index (χ1n) is 13.7. The van der Waals surface area contributed by atoms with Gasteiger partial charge in [-0.05, 0) is 69.3 Å². The summed E-state index contributed by atoms with van der Waals surface area (Å²) in [6.45, 7) is 5.36. The molecule has 0 fully saturated rings. The average Bonchev–Trinajstić information content (AvgIpc) is 2.98. The fourth-order valence-electron chi connectivity index (χ4n) is 4.57. The molecule has 45 heavy (non-hydrogen) atoms. The predicted octanol–water partition coefficient (Wildman–Crippen LogP) is 7.42. The predicted molar refractivity (Wildman–Crippen MR) is 180 cm³/mol. The maximum Gasteiger partial charge on any atom is 0.412 e. The number of hydrogen-bond acceptors (Lipinski definition) is 7. The summed E-state index contributed by atoms with van der Waals surface area (Å²) in [6, 6.07) is 24.7. The monoisotopic (exact) mass is 642 g/mol. The van der Waals surface area contributed by atoms with Crippen molar-refractivity contribution in [3.8, 4) is 22.5 Å². The number of carbonyl (C=O) groups is 1. The van der Waals surface area contributed by atoms with Gasteiger partial charge in [0.25, 0.3) is 11.1 Å². The first kappa shape index (κ1) is 31.2. The van der Waals surface area contributed by atoms with Gasteiger partial charge in [-0.3, -0.25) is 14.9 Å². The number of amides is 1. The Hall–Kier alpha value is -5.19. The number of halogens is 2. The van der Waals surface area contributed by atoms with Gasteiger partial charge in [0, 0.05) is 33.3 Å². The van der Waals surface area contributed by atoms with Crippen LogP contribution in [0.2, 0.25) is 10.0 Å². The van der Waals surface area contributed by atoms with Crippen LogP contribution in [0.15, 0.2) is 94.5 Å². The van der Waals surface area contributed by atoms with Crippen LogP contribution in [0.3, 0.4) is 0 Å². The third kappa shape index (κ3) is 7.14. The second-order valence-corrected chi connectivity index (χ2v) is 11.8. The van der Waals surface area contributed by atoms with Crippen molar-refractivity contribution in [2.24, 2.45) is 0 Å². The molecular formula is C33H28Cl2N6O4. The molecule has 5 N–H and O–H groups in total. The van der Waals surface area contributed by atoms with Crippen LogP contribution in [-0.2, 0) is 4.74 Å². The number of rotatable bonds is 3. The molecule has 4 aromatic carbocycles. The summed E-state index contributed by atoms with van der Waals surface area (Å²) in [5.41, 5.74) is 8.29. The zero-order valence-corrected chi connectivity index (χ0v) is 26.0. The summed E-state index contributed by atoms with van der Waals surface area (Å²) in [5, 5.41) is 19.3. The minimum atomic E-state index is -0.591. The highest BCUT2D eigenvalue weighted by Gasteiger charge is 2.17. The summed E-state index contributed by atoms with van der Waals surface area (Å²) in [4.78, 5) is 35.5. The van der Waals surface area contributed by atoms with Gasteiger partial charge in [0.1, 0.15) is 17.0 Å². The van der Waals surface area contributed by atoms with Crippen molar-refractivity contribution < 1.29 is 9.53 Å². The fraction of sp³-hybridized carbons (Fsp3) is 0.121. The first-order valence-corrected chi connectivity index (χ1v) is 14.5. The number of anilines is 2. The SMILES string of the molecule is CC(C)(C)OC(=O)Nc1ccc(-c2n[nH]c(=O)c3ccccc23)c(Cl)c1.Nc1ccc(-c2n[nH]c(=O)c3ccccc23)c(Cl)c1. The molecule has 0 radical (unpaired) electrons. The van der Waals surface area contributed by atoms with Crippen LogP contribution in [0.25, 0.3) is 44.1 Å². The lowest BCUT2D eigenvalue weighted by Crippen LogP contribution is -2.27. The van der Waals surface area contributed by atoms with Crippen molar-refractivity contribution in [1.29, 1.82) is 0 Å². The Morgan fingerprint density at radius 2 is 1.20 bits per heavy atom. The van der Waals surface area contributed by atoms with Gasteiger partial charge in [-0.15, -0.1) is 0 Å². The summed E-state index contributed by atoms with van der Waals surface area (Å²) in [6.07, 6.45) is -0.561. The molecule has 0 spiro atoms. The Balaban J connectivity index is 0.000000186. The molecule has 0 aliphatic heterocycles. The van der Waals surface area contributed by atoms with Gasteiger partial charge in [-0.25, -0.2) is 15.0 Å². The molecule has 0 bridgehead atoms.